The Morgan fingerprint density at radius 3 is 2.68 bits per heavy atom. The van der Waals surface area contributed by atoms with Crippen LogP contribution in [0.4, 0.5) is 4.39 Å². The monoisotopic (exact) mass is 473 g/mol. The lowest BCUT2D eigenvalue weighted by atomic mass is 9.86. The Kier molecular flexibility index (Phi) is 5.24. The molecule has 0 spiro atoms. The summed E-state index contributed by atoms with van der Waals surface area (Å²) in [6.45, 7) is 0.924. The van der Waals surface area contributed by atoms with E-state index in [1.807, 2.05) is 46.9 Å². The summed E-state index contributed by atoms with van der Waals surface area (Å²) in [5, 5.41) is 19.6. The maximum absolute atomic E-state index is 14.5. The highest BCUT2D eigenvalue weighted by Crippen LogP contribution is 2.37. The zero-order valence-corrected chi connectivity index (χ0v) is 18.9. The van der Waals surface area contributed by atoms with Crippen LogP contribution in [0, 0.1) is 5.82 Å². The summed E-state index contributed by atoms with van der Waals surface area (Å²) in [7, 11) is 0. The van der Waals surface area contributed by atoms with Crippen molar-refractivity contribution in [3.63, 3.8) is 0 Å². The lowest BCUT2D eigenvalue weighted by molar-refractivity contribution is -0.0681. The molecule has 1 aliphatic rings. The first-order valence-corrected chi connectivity index (χ1v) is 11.8. The van der Waals surface area contributed by atoms with E-state index >= 15 is 0 Å². The molecule has 0 atom stereocenters. The number of ether oxygens (including phenoxy) is 1. The number of aromatic nitrogens is 5. The Hall–Kier alpha value is -3.40. The standard InChI is InChI=1S/C25H20FN5O2S/c26-17-11-16(25(32)6-9-33-10-7-25)12-19(13-17)34-18-4-5-22-21(14-18)28-15-23-29-30-24(31(22)23)20-3-1-2-8-27-20/h1-5,8,11-15,32H,6-7,9-10H2. The lowest BCUT2D eigenvalue weighted by Crippen LogP contribution is -2.33. The summed E-state index contributed by atoms with van der Waals surface area (Å²) in [4.78, 5) is 10.6. The molecule has 3 aromatic heterocycles. The molecule has 0 aliphatic carbocycles. The molecule has 7 nitrogen and oxygen atoms in total. The summed E-state index contributed by atoms with van der Waals surface area (Å²) in [5.74, 6) is 0.271. The van der Waals surface area contributed by atoms with Gasteiger partial charge in [0.2, 0.25) is 0 Å². The number of benzene rings is 2. The Morgan fingerprint density at radius 2 is 1.85 bits per heavy atom. The van der Waals surface area contributed by atoms with Gasteiger partial charge in [-0.3, -0.25) is 14.4 Å². The molecule has 0 radical (unpaired) electrons. The zero-order valence-electron chi connectivity index (χ0n) is 18.1. The van der Waals surface area contributed by atoms with Crippen LogP contribution in [0.2, 0.25) is 0 Å². The van der Waals surface area contributed by atoms with Crippen LogP contribution < -0.4 is 0 Å². The van der Waals surface area contributed by atoms with Crippen molar-refractivity contribution >= 4 is 28.4 Å². The molecule has 9 heteroatoms. The maximum atomic E-state index is 14.5. The fourth-order valence-electron chi connectivity index (χ4n) is 4.29. The third-order valence-electron chi connectivity index (χ3n) is 6.05. The minimum Gasteiger partial charge on any atom is -0.385 e. The molecule has 0 amide bonds. The third-order valence-corrected chi connectivity index (χ3v) is 7.01. The Balaban J connectivity index is 1.37. The first-order chi connectivity index (χ1) is 16.6. The fourth-order valence-corrected chi connectivity index (χ4v) is 5.23. The number of fused-ring (bicyclic) bond motifs is 3. The van der Waals surface area contributed by atoms with Crippen molar-refractivity contribution in [1.29, 1.82) is 0 Å². The van der Waals surface area contributed by atoms with E-state index in [1.54, 1.807) is 12.4 Å². The molecule has 6 rings (SSSR count). The Morgan fingerprint density at radius 1 is 0.971 bits per heavy atom. The van der Waals surface area contributed by atoms with Gasteiger partial charge in [-0.1, -0.05) is 17.8 Å². The van der Waals surface area contributed by atoms with E-state index in [-0.39, 0.29) is 5.82 Å². The maximum Gasteiger partial charge on any atom is 0.187 e. The summed E-state index contributed by atoms with van der Waals surface area (Å²) < 4.78 is 21.8. The Labute approximate surface area is 198 Å². The molecule has 0 unspecified atom stereocenters. The molecule has 1 fully saturated rings. The van der Waals surface area contributed by atoms with Crippen LogP contribution in [0.25, 0.3) is 28.2 Å². The molecule has 1 saturated heterocycles. The normalized spacial score (nSPS) is 15.7. The SMILES string of the molecule is OC1(c2cc(F)cc(Sc3ccc4c(c3)ncc3nnc(-c5ccccn5)n34)c2)CCOCC1. The third kappa shape index (κ3) is 3.81. The molecule has 170 valence electrons. The van der Waals surface area contributed by atoms with E-state index in [2.05, 4.69) is 20.2 Å². The van der Waals surface area contributed by atoms with E-state index in [0.29, 0.717) is 48.0 Å². The van der Waals surface area contributed by atoms with Gasteiger partial charge < -0.3 is 9.84 Å². The number of hydrogen-bond donors (Lipinski definition) is 1. The summed E-state index contributed by atoms with van der Waals surface area (Å²) in [5.41, 5.74) is 2.48. The first kappa shape index (κ1) is 21.2. The largest absolute Gasteiger partial charge is 0.385 e. The second kappa shape index (κ2) is 8.43. The number of halogens is 1. The second-order valence-electron chi connectivity index (χ2n) is 8.26. The molecule has 34 heavy (non-hydrogen) atoms. The minimum absolute atomic E-state index is 0.370. The van der Waals surface area contributed by atoms with Gasteiger partial charge in [0.15, 0.2) is 11.5 Å². The highest BCUT2D eigenvalue weighted by Gasteiger charge is 2.32. The van der Waals surface area contributed by atoms with Gasteiger partial charge in [-0.05, 0) is 54.1 Å². The van der Waals surface area contributed by atoms with E-state index in [9.17, 15) is 9.50 Å². The van der Waals surface area contributed by atoms with Crippen LogP contribution in [0.1, 0.15) is 18.4 Å². The molecule has 4 heterocycles. The van der Waals surface area contributed by atoms with Crippen molar-refractivity contribution in [1.82, 2.24) is 24.6 Å². The van der Waals surface area contributed by atoms with Crippen molar-refractivity contribution in [2.24, 2.45) is 0 Å². The predicted molar refractivity (Wildman–Crippen MR) is 126 cm³/mol. The average Bonchev–Trinajstić information content (AvgIpc) is 3.29. The molecule has 5 aromatic rings. The van der Waals surface area contributed by atoms with Gasteiger partial charge >= 0.3 is 0 Å². The number of hydrogen-bond acceptors (Lipinski definition) is 7. The van der Waals surface area contributed by atoms with Gasteiger partial charge in [0.05, 0.1) is 22.8 Å². The summed E-state index contributed by atoms with van der Waals surface area (Å²) >= 11 is 1.43. The average molecular weight is 474 g/mol. The highest BCUT2D eigenvalue weighted by atomic mass is 32.2. The van der Waals surface area contributed by atoms with Gasteiger partial charge in [0.1, 0.15) is 11.5 Å². The van der Waals surface area contributed by atoms with E-state index in [1.165, 1.54) is 23.9 Å². The van der Waals surface area contributed by atoms with E-state index in [0.717, 1.165) is 21.6 Å². The van der Waals surface area contributed by atoms with Crippen LogP contribution in [-0.4, -0.2) is 42.9 Å². The lowest BCUT2D eigenvalue weighted by Gasteiger charge is -2.32. The second-order valence-corrected chi connectivity index (χ2v) is 9.41. The number of pyridine rings is 1. The molecule has 2 aromatic carbocycles. The van der Waals surface area contributed by atoms with Gasteiger partial charge in [0.25, 0.3) is 0 Å². The van der Waals surface area contributed by atoms with Crippen LogP contribution in [0.3, 0.4) is 0 Å². The van der Waals surface area contributed by atoms with Crippen molar-refractivity contribution < 1.29 is 14.2 Å². The topological polar surface area (TPSA) is 85.4 Å². The molecule has 0 saturated carbocycles. The van der Waals surface area contributed by atoms with Crippen LogP contribution in [0.15, 0.2) is 76.8 Å². The van der Waals surface area contributed by atoms with Crippen LogP contribution >= 0.6 is 11.8 Å². The number of nitrogens with zero attached hydrogens (tertiary/aromatic N) is 5. The smallest absolute Gasteiger partial charge is 0.187 e. The van der Waals surface area contributed by atoms with Crippen LogP contribution in [0.5, 0.6) is 0 Å². The number of rotatable bonds is 4. The van der Waals surface area contributed by atoms with E-state index < -0.39 is 5.60 Å². The highest BCUT2D eigenvalue weighted by molar-refractivity contribution is 7.99. The summed E-state index contributed by atoms with van der Waals surface area (Å²) in [6, 6.07) is 16.3. The Bertz CT molecular complexity index is 1500. The minimum atomic E-state index is -1.07. The molecule has 1 N–H and O–H groups in total. The fraction of sp³-hybridized carbons (Fsp3) is 0.200. The van der Waals surface area contributed by atoms with Crippen LogP contribution in [-0.2, 0) is 10.3 Å². The van der Waals surface area contributed by atoms with Gasteiger partial charge in [-0.25, -0.2) is 4.39 Å². The van der Waals surface area contributed by atoms with Gasteiger partial charge in [0, 0.05) is 42.0 Å². The molecule has 0 bridgehead atoms. The van der Waals surface area contributed by atoms with E-state index in [4.69, 9.17) is 4.74 Å². The predicted octanol–water partition coefficient (Wildman–Crippen LogP) is 4.63. The number of aliphatic hydroxyl groups is 1. The molecular weight excluding hydrogens is 453 g/mol. The van der Waals surface area contributed by atoms with Crippen molar-refractivity contribution in [2.75, 3.05) is 13.2 Å². The van der Waals surface area contributed by atoms with Gasteiger partial charge in [-0.2, -0.15) is 0 Å². The van der Waals surface area contributed by atoms with Gasteiger partial charge in [-0.15, -0.1) is 10.2 Å². The zero-order chi connectivity index (χ0) is 23.1. The van der Waals surface area contributed by atoms with Crippen molar-refractivity contribution in [2.45, 2.75) is 28.2 Å². The molecule has 1 aliphatic heterocycles. The first-order valence-electron chi connectivity index (χ1n) is 10.9. The van der Waals surface area contributed by atoms with Crippen molar-refractivity contribution in [3.8, 4) is 11.5 Å². The molecular formula is C25H20FN5O2S. The summed E-state index contributed by atoms with van der Waals surface area (Å²) in [6.07, 6.45) is 4.30. The quantitative estimate of drug-likeness (QED) is 0.407. The van der Waals surface area contributed by atoms with Crippen molar-refractivity contribution in [3.05, 3.63) is 78.4 Å².